The summed E-state index contributed by atoms with van der Waals surface area (Å²) in [6.45, 7) is 9.42. The lowest BCUT2D eigenvalue weighted by Crippen LogP contribution is -2.51. The molecule has 0 radical (unpaired) electrons. The Morgan fingerprint density at radius 3 is 2.81 bits per heavy atom. The van der Waals surface area contributed by atoms with Crippen molar-refractivity contribution in [1.82, 2.24) is 0 Å². The van der Waals surface area contributed by atoms with Gasteiger partial charge in [0.05, 0.1) is 0 Å². The Morgan fingerprint density at radius 1 is 1.15 bits per heavy atom. The number of hydrogen-bond acceptors (Lipinski definition) is 0. The lowest BCUT2D eigenvalue weighted by molar-refractivity contribution is -0.0353. The van der Waals surface area contributed by atoms with Crippen LogP contribution in [0.3, 0.4) is 0 Å². The van der Waals surface area contributed by atoms with Gasteiger partial charge >= 0.3 is 0 Å². The molecule has 5 atom stereocenters. The highest BCUT2D eigenvalue weighted by molar-refractivity contribution is 5.39. The van der Waals surface area contributed by atoms with Crippen LogP contribution in [-0.2, 0) is 6.42 Å². The maximum absolute atomic E-state index is 4.47. The van der Waals surface area contributed by atoms with Crippen LogP contribution in [0.25, 0.3) is 0 Å². The van der Waals surface area contributed by atoms with Crippen molar-refractivity contribution in [3.05, 3.63) is 48.0 Å². The molecule has 3 aliphatic rings. The first-order chi connectivity index (χ1) is 12.6. The van der Waals surface area contributed by atoms with E-state index in [2.05, 4.69) is 50.8 Å². The second kappa shape index (κ2) is 7.17. The molecule has 0 unspecified atom stereocenters. The van der Waals surface area contributed by atoms with Gasteiger partial charge in [0.1, 0.15) is 0 Å². The Hall–Kier alpha value is -1.04. The van der Waals surface area contributed by atoms with E-state index in [1.165, 1.54) is 70.6 Å². The van der Waals surface area contributed by atoms with Crippen LogP contribution in [-0.4, -0.2) is 0 Å². The predicted molar refractivity (Wildman–Crippen MR) is 112 cm³/mol. The Labute approximate surface area is 161 Å². The van der Waals surface area contributed by atoms with Gasteiger partial charge in [-0.3, -0.25) is 0 Å². The summed E-state index contributed by atoms with van der Waals surface area (Å²) in [5.41, 5.74) is 4.24. The monoisotopic (exact) mass is 350 g/mol. The molecule has 0 spiro atoms. The number of allylic oxidation sites excluding steroid dienone is 1. The summed E-state index contributed by atoms with van der Waals surface area (Å²) in [5, 5.41) is 0. The lowest BCUT2D eigenvalue weighted by atomic mass is 9.44. The fraction of sp³-hybridized carbons (Fsp3) is 0.692. The van der Waals surface area contributed by atoms with Crippen LogP contribution in [0, 0.1) is 22.7 Å². The van der Waals surface area contributed by atoms with Gasteiger partial charge in [-0.05, 0) is 78.2 Å². The van der Waals surface area contributed by atoms with Crippen LogP contribution < -0.4 is 0 Å². The van der Waals surface area contributed by atoms with Crippen LogP contribution >= 0.6 is 0 Å². The molecule has 142 valence electrons. The Morgan fingerprint density at radius 2 is 2.00 bits per heavy atom. The standard InChI is InChI=1S/C26H38/c1-4-6-7-8-13-21-19-25(3)17-11-15-23(25)26(5-2)18-16-20-12-9-10-14-22(20)24(21)26/h5,9-10,12,14,21,23-24H,2,4,6-8,11,13,15-19H2,1,3H3/t21-,23+,24+,25-,26-/m0/s1. The number of unbranched alkanes of at least 4 members (excludes halogenated alkanes) is 3. The first-order valence-electron chi connectivity index (χ1n) is 11.4. The number of hydrogen-bond donors (Lipinski definition) is 0. The average Bonchev–Trinajstić information content (AvgIpc) is 3.06. The fourth-order valence-corrected chi connectivity index (χ4v) is 7.53. The van der Waals surface area contributed by atoms with E-state index in [-0.39, 0.29) is 0 Å². The van der Waals surface area contributed by atoms with Crippen LogP contribution in [0.4, 0.5) is 0 Å². The normalized spacial score (nSPS) is 38.3. The SMILES string of the molecule is C=C[C@@]12CCc3ccccc3[C@H]1[C@@H](CCCCCC)C[C@]1(C)CCC[C@H]12. The molecule has 1 aromatic rings. The summed E-state index contributed by atoms with van der Waals surface area (Å²) >= 11 is 0. The average molecular weight is 351 g/mol. The molecule has 0 nitrogen and oxygen atoms in total. The predicted octanol–water partition coefficient (Wildman–Crippen LogP) is 7.69. The van der Waals surface area contributed by atoms with Gasteiger partial charge < -0.3 is 0 Å². The molecule has 2 saturated carbocycles. The van der Waals surface area contributed by atoms with Crippen molar-refractivity contribution in [2.45, 2.75) is 90.4 Å². The van der Waals surface area contributed by atoms with Crippen molar-refractivity contribution < 1.29 is 0 Å². The maximum Gasteiger partial charge on any atom is -0.00129 e. The summed E-state index contributed by atoms with van der Waals surface area (Å²) in [6, 6.07) is 9.40. The molecule has 2 fully saturated rings. The molecular formula is C26H38. The minimum atomic E-state index is 0.354. The third-order valence-electron chi connectivity index (χ3n) is 8.54. The molecular weight excluding hydrogens is 312 g/mol. The van der Waals surface area contributed by atoms with E-state index in [1.807, 2.05) is 0 Å². The van der Waals surface area contributed by atoms with Crippen LogP contribution in [0.1, 0.15) is 95.1 Å². The third-order valence-corrected chi connectivity index (χ3v) is 8.54. The summed E-state index contributed by atoms with van der Waals surface area (Å²) in [4.78, 5) is 0. The van der Waals surface area contributed by atoms with E-state index in [0.717, 1.165) is 17.8 Å². The van der Waals surface area contributed by atoms with Crippen LogP contribution in [0.15, 0.2) is 36.9 Å². The number of fused-ring (bicyclic) bond motifs is 5. The fourth-order valence-electron chi connectivity index (χ4n) is 7.53. The molecule has 0 aliphatic heterocycles. The van der Waals surface area contributed by atoms with Gasteiger partial charge in [0.15, 0.2) is 0 Å². The smallest absolute Gasteiger partial charge is 0.00129 e. The highest BCUT2D eigenvalue weighted by Gasteiger charge is 2.60. The van der Waals surface area contributed by atoms with Crippen molar-refractivity contribution in [1.29, 1.82) is 0 Å². The molecule has 3 aliphatic carbocycles. The van der Waals surface area contributed by atoms with Crippen LogP contribution in [0.5, 0.6) is 0 Å². The second-order valence-corrected chi connectivity index (χ2v) is 9.91. The number of rotatable bonds is 6. The largest absolute Gasteiger partial charge is 0.102 e. The van der Waals surface area contributed by atoms with E-state index in [1.54, 1.807) is 11.1 Å². The summed E-state index contributed by atoms with van der Waals surface area (Å²) in [7, 11) is 0. The Bertz CT molecular complexity index is 643. The highest BCUT2D eigenvalue weighted by atomic mass is 14.6. The minimum absolute atomic E-state index is 0.354. The third kappa shape index (κ3) is 2.79. The first-order valence-corrected chi connectivity index (χ1v) is 11.4. The highest BCUT2D eigenvalue weighted by Crippen LogP contribution is 2.69. The Balaban J connectivity index is 1.73. The maximum atomic E-state index is 4.47. The lowest BCUT2D eigenvalue weighted by Gasteiger charge is -2.60. The molecule has 0 amide bonds. The van der Waals surface area contributed by atoms with E-state index < -0.39 is 0 Å². The van der Waals surface area contributed by atoms with E-state index in [4.69, 9.17) is 0 Å². The zero-order valence-corrected chi connectivity index (χ0v) is 17.1. The Kier molecular flexibility index (Phi) is 5.06. The van der Waals surface area contributed by atoms with Gasteiger partial charge in [0.25, 0.3) is 0 Å². The molecule has 26 heavy (non-hydrogen) atoms. The molecule has 1 aromatic carbocycles. The van der Waals surface area contributed by atoms with Gasteiger partial charge in [0, 0.05) is 0 Å². The number of benzene rings is 1. The van der Waals surface area contributed by atoms with Crippen molar-refractivity contribution in [3.63, 3.8) is 0 Å². The minimum Gasteiger partial charge on any atom is -0.102 e. The van der Waals surface area contributed by atoms with Crippen molar-refractivity contribution >= 4 is 0 Å². The topological polar surface area (TPSA) is 0 Å². The quantitative estimate of drug-likeness (QED) is 0.364. The molecule has 0 heteroatoms. The van der Waals surface area contributed by atoms with Crippen molar-refractivity contribution in [3.8, 4) is 0 Å². The molecule has 0 aromatic heterocycles. The van der Waals surface area contributed by atoms with Gasteiger partial charge in [-0.1, -0.05) is 76.3 Å². The second-order valence-electron chi connectivity index (χ2n) is 9.91. The first kappa shape index (κ1) is 18.3. The summed E-state index contributed by atoms with van der Waals surface area (Å²) in [6.07, 6.45) is 17.8. The summed E-state index contributed by atoms with van der Waals surface area (Å²) in [5.74, 6) is 2.44. The van der Waals surface area contributed by atoms with Gasteiger partial charge in [-0.15, -0.1) is 6.58 Å². The van der Waals surface area contributed by atoms with Crippen molar-refractivity contribution in [2.24, 2.45) is 22.7 Å². The van der Waals surface area contributed by atoms with Crippen LogP contribution in [0.2, 0.25) is 0 Å². The van der Waals surface area contributed by atoms with E-state index in [0.29, 0.717) is 10.8 Å². The molecule has 4 rings (SSSR count). The van der Waals surface area contributed by atoms with Gasteiger partial charge in [-0.25, -0.2) is 0 Å². The zero-order valence-electron chi connectivity index (χ0n) is 17.1. The molecule has 0 bridgehead atoms. The molecule has 0 N–H and O–H groups in total. The van der Waals surface area contributed by atoms with Gasteiger partial charge in [0.2, 0.25) is 0 Å². The summed E-state index contributed by atoms with van der Waals surface area (Å²) < 4.78 is 0. The molecule has 0 heterocycles. The van der Waals surface area contributed by atoms with Crippen molar-refractivity contribution in [2.75, 3.05) is 0 Å². The van der Waals surface area contributed by atoms with Gasteiger partial charge in [-0.2, -0.15) is 0 Å². The zero-order chi connectivity index (χ0) is 18.2. The number of aryl methyl sites for hydroxylation is 1. The molecule has 0 saturated heterocycles. The van der Waals surface area contributed by atoms with E-state index >= 15 is 0 Å². The van der Waals surface area contributed by atoms with E-state index in [9.17, 15) is 0 Å².